The highest BCUT2D eigenvalue weighted by Crippen LogP contribution is 2.37. The van der Waals surface area contributed by atoms with Crippen molar-refractivity contribution in [2.75, 3.05) is 37.9 Å². The largest absolute Gasteiger partial charge is 0.489 e. The number of likely N-dealkylation sites (N-methyl/N-ethyl adjacent to an activating group) is 1. The molecule has 8 nitrogen and oxygen atoms in total. The number of aryl methyl sites for hydroxylation is 1. The van der Waals surface area contributed by atoms with E-state index in [0.717, 1.165) is 22.0 Å². The third-order valence-corrected chi connectivity index (χ3v) is 7.65. The van der Waals surface area contributed by atoms with E-state index in [4.69, 9.17) is 9.72 Å². The lowest BCUT2D eigenvalue weighted by Gasteiger charge is -2.12. The molecule has 226 valence electrons. The van der Waals surface area contributed by atoms with Crippen molar-refractivity contribution in [2.45, 2.75) is 13.3 Å². The fourth-order valence-corrected chi connectivity index (χ4v) is 5.24. The number of thiazole rings is 1. The van der Waals surface area contributed by atoms with E-state index in [-0.39, 0.29) is 11.7 Å². The predicted octanol–water partition coefficient (Wildman–Crippen LogP) is 7.18. The van der Waals surface area contributed by atoms with Crippen molar-refractivity contribution in [2.24, 2.45) is 0 Å². The first-order valence-corrected chi connectivity index (χ1v) is 14.6. The molecule has 2 N–H and O–H groups in total. The van der Waals surface area contributed by atoms with Crippen molar-refractivity contribution in [3.8, 4) is 27.6 Å². The number of aromatic nitrogens is 3. The Kier molecular flexibility index (Phi) is 9.51. The number of carbonyl (C=O) groups is 1. The van der Waals surface area contributed by atoms with E-state index in [1.807, 2.05) is 32.0 Å². The van der Waals surface area contributed by atoms with Crippen molar-refractivity contribution >= 4 is 34.6 Å². The van der Waals surface area contributed by atoms with Crippen LogP contribution < -0.4 is 15.4 Å². The van der Waals surface area contributed by atoms with Gasteiger partial charge in [0, 0.05) is 35.7 Å². The van der Waals surface area contributed by atoms with Crippen molar-refractivity contribution in [1.82, 2.24) is 19.9 Å². The van der Waals surface area contributed by atoms with Crippen molar-refractivity contribution in [1.29, 1.82) is 0 Å². The third kappa shape index (κ3) is 7.21. The molecule has 0 aliphatic heterocycles. The van der Waals surface area contributed by atoms with Gasteiger partial charge in [-0.05, 0) is 63.0 Å². The summed E-state index contributed by atoms with van der Waals surface area (Å²) in [4.78, 5) is 29.1. The normalized spacial score (nSPS) is 11.1. The van der Waals surface area contributed by atoms with E-state index in [0.29, 0.717) is 47.9 Å². The molecular weight excluding hydrogens is 589 g/mol. The molecule has 5 aromatic rings. The number of rotatable bonds is 11. The summed E-state index contributed by atoms with van der Waals surface area (Å²) < 4.78 is 48.5. The van der Waals surface area contributed by atoms with Crippen LogP contribution in [0.1, 0.15) is 22.3 Å². The van der Waals surface area contributed by atoms with Gasteiger partial charge < -0.3 is 20.3 Å². The molecule has 44 heavy (non-hydrogen) atoms. The molecule has 2 heterocycles. The Labute approximate surface area is 256 Å². The van der Waals surface area contributed by atoms with Gasteiger partial charge in [0.05, 0.1) is 21.3 Å². The predicted molar refractivity (Wildman–Crippen MR) is 166 cm³/mol. The Balaban J connectivity index is 1.39. The smallest absolute Gasteiger partial charge is 0.261 e. The van der Waals surface area contributed by atoms with Gasteiger partial charge in [0.15, 0.2) is 11.6 Å². The van der Waals surface area contributed by atoms with Crippen LogP contribution in [0.4, 0.5) is 30.5 Å². The van der Waals surface area contributed by atoms with Gasteiger partial charge in [-0.3, -0.25) is 4.79 Å². The molecule has 0 aliphatic rings. The maximum atomic E-state index is 14.7. The third-order valence-electron chi connectivity index (χ3n) is 6.43. The standard InChI is InChI=1S/C32H29F3N6O2S/c1-4-27-40-29(19-7-5-8-20(17-19)37-31(42)28-22(33)9-6-10-23(28)34)30(44-27)25-13-14-36-32(39-25)38-21-11-12-26(24(35)18-21)43-16-15-41(2)3/h5-14,17-18H,4,15-16H2,1-3H3,(H,37,42)(H,36,38,39). The zero-order chi connectivity index (χ0) is 31.2. The molecule has 2 aromatic heterocycles. The zero-order valence-electron chi connectivity index (χ0n) is 24.2. The molecule has 0 radical (unpaired) electrons. The molecule has 12 heteroatoms. The number of nitrogens with zero attached hydrogens (tertiary/aromatic N) is 4. The molecule has 0 unspecified atom stereocenters. The number of anilines is 3. The first-order valence-electron chi connectivity index (χ1n) is 13.7. The molecule has 1 amide bonds. The van der Waals surface area contributed by atoms with Gasteiger partial charge in [0.2, 0.25) is 5.95 Å². The van der Waals surface area contributed by atoms with Gasteiger partial charge in [0.25, 0.3) is 5.91 Å². The van der Waals surface area contributed by atoms with E-state index in [2.05, 4.69) is 20.6 Å². The minimum atomic E-state index is -0.951. The quantitative estimate of drug-likeness (QED) is 0.162. The average molecular weight is 619 g/mol. The molecule has 0 saturated heterocycles. The summed E-state index contributed by atoms with van der Waals surface area (Å²) in [6.07, 6.45) is 2.27. The van der Waals surface area contributed by atoms with Gasteiger partial charge in [-0.25, -0.2) is 28.1 Å². The highest BCUT2D eigenvalue weighted by atomic mass is 32.1. The van der Waals surface area contributed by atoms with E-state index < -0.39 is 28.9 Å². The topological polar surface area (TPSA) is 92.3 Å². The van der Waals surface area contributed by atoms with Crippen LogP contribution in [-0.4, -0.2) is 53.0 Å². The summed E-state index contributed by atoms with van der Waals surface area (Å²) >= 11 is 1.46. The van der Waals surface area contributed by atoms with Crippen LogP contribution in [0.3, 0.4) is 0 Å². The summed E-state index contributed by atoms with van der Waals surface area (Å²) in [5, 5.41) is 6.47. The SMILES string of the molecule is CCc1nc(-c2cccc(NC(=O)c3c(F)cccc3F)c2)c(-c2ccnc(Nc3ccc(OCCN(C)C)c(F)c3)n2)s1. The number of halogens is 3. The summed E-state index contributed by atoms with van der Waals surface area (Å²) in [5.74, 6) is -2.89. The highest BCUT2D eigenvalue weighted by molar-refractivity contribution is 7.15. The maximum absolute atomic E-state index is 14.7. The molecular formula is C32H29F3N6O2S. The van der Waals surface area contributed by atoms with Crippen LogP contribution in [0, 0.1) is 17.5 Å². The molecule has 0 aliphatic carbocycles. The van der Waals surface area contributed by atoms with Crippen LogP contribution in [0.15, 0.2) is 72.9 Å². The lowest BCUT2D eigenvalue weighted by atomic mass is 10.1. The minimum Gasteiger partial charge on any atom is -0.489 e. The number of hydrogen-bond donors (Lipinski definition) is 2. The molecule has 0 atom stereocenters. The summed E-state index contributed by atoms with van der Waals surface area (Å²) in [6, 6.07) is 16.4. The Morgan fingerprint density at radius 2 is 1.70 bits per heavy atom. The van der Waals surface area contributed by atoms with E-state index in [1.165, 1.54) is 23.5 Å². The fourth-order valence-electron chi connectivity index (χ4n) is 4.25. The molecule has 0 spiro atoms. The summed E-state index contributed by atoms with van der Waals surface area (Å²) in [7, 11) is 3.82. The van der Waals surface area contributed by atoms with Gasteiger partial charge in [-0.15, -0.1) is 11.3 Å². The Morgan fingerprint density at radius 1 is 0.932 bits per heavy atom. The van der Waals surface area contributed by atoms with Gasteiger partial charge >= 0.3 is 0 Å². The van der Waals surface area contributed by atoms with Gasteiger partial charge in [-0.1, -0.05) is 25.1 Å². The Morgan fingerprint density at radius 3 is 2.43 bits per heavy atom. The number of nitrogens with one attached hydrogen (secondary N) is 2. The molecule has 0 bridgehead atoms. The second-order valence-electron chi connectivity index (χ2n) is 9.96. The van der Waals surface area contributed by atoms with Gasteiger partial charge in [-0.2, -0.15) is 0 Å². The van der Waals surface area contributed by atoms with Crippen LogP contribution in [0.25, 0.3) is 21.8 Å². The number of ether oxygens (including phenoxy) is 1. The van der Waals surface area contributed by atoms with Crippen molar-refractivity contribution in [3.05, 3.63) is 101 Å². The monoisotopic (exact) mass is 618 g/mol. The summed E-state index contributed by atoms with van der Waals surface area (Å²) in [6.45, 7) is 3.01. The first kappa shape index (κ1) is 30.6. The molecule has 5 rings (SSSR count). The number of carbonyl (C=O) groups excluding carboxylic acids is 1. The Hall–Kier alpha value is -4.81. The number of amides is 1. The Bertz CT molecular complexity index is 1780. The van der Waals surface area contributed by atoms with Gasteiger partial charge in [0.1, 0.15) is 23.8 Å². The lowest BCUT2D eigenvalue weighted by Crippen LogP contribution is -2.19. The second kappa shape index (κ2) is 13.7. The fraction of sp³-hybridized carbons (Fsp3) is 0.188. The lowest BCUT2D eigenvalue weighted by molar-refractivity contribution is 0.101. The van der Waals surface area contributed by atoms with E-state index in [1.54, 1.807) is 42.6 Å². The van der Waals surface area contributed by atoms with Crippen molar-refractivity contribution in [3.63, 3.8) is 0 Å². The van der Waals surface area contributed by atoms with Crippen molar-refractivity contribution < 1.29 is 22.7 Å². The second-order valence-corrected chi connectivity index (χ2v) is 11.0. The van der Waals surface area contributed by atoms with E-state index >= 15 is 0 Å². The number of hydrogen-bond acceptors (Lipinski definition) is 8. The molecule has 0 fully saturated rings. The highest BCUT2D eigenvalue weighted by Gasteiger charge is 2.20. The number of benzene rings is 3. The summed E-state index contributed by atoms with van der Waals surface area (Å²) in [5.41, 5.74) is 2.01. The molecule has 0 saturated carbocycles. The van der Waals surface area contributed by atoms with Crippen LogP contribution in [0.5, 0.6) is 5.75 Å². The van der Waals surface area contributed by atoms with Crippen LogP contribution in [0.2, 0.25) is 0 Å². The minimum absolute atomic E-state index is 0.158. The zero-order valence-corrected chi connectivity index (χ0v) is 25.0. The average Bonchev–Trinajstić information content (AvgIpc) is 3.43. The van der Waals surface area contributed by atoms with E-state index in [9.17, 15) is 18.0 Å². The first-order chi connectivity index (χ1) is 21.2. The maximum Gasteiger partial charge on any atom is 0.261 e. The molecule has 3 aromatic carbocycles. The van der Waals surface area contributed by atoms with Crippen LogP contribution >= 0.6 is 11.3 Å². The van der Waals surface area contributed by atoms with Crippen LogP contribution in [-0.2, 0) is 6.42 Å².